The van der Waals surface area contributed by atoms with Crippen molar-refractivity contribution in [2.24, 2.45) is 0 Å². The molecule has 2 aliphatic heterocycles. The molecule has 6 nitrogen and oxygen atoms in total. The van der Waals surface area contributed by atoms with Gasteiger partial charge in [-0.1, -0.05) is 24.3 Å². The van der Waals surface area contributed by atoms with Crippen molar-refractivity contribution in [3.8, 4) is 0 Å². The van der Waals surface area contributed by atoms with Gasteiger partial charge in [0.15, 0.2) is 0 Å². The van der Waals surface area contributed by atoms with Gasteiger partial charge in [0.05, 0.1) is 13.1 Å². The second-order valence-corrected chi connectivity index (χ2v) is 5.93. The van der Waals surface area contributed by atoms with Gasteiger partial charge in [-0.25, -0.2) is 0 Å². The second-order valence-electron chi connectivity index (χ2n) is 5.93. The number of nitrogens with zero attached hydrogens (tertiary/aromatic N) is 2. The van der Waals surface area contributed by atoms with Crippen LogP contribution >= 0.6 is 0 Å². The summed E-state index contributed by atoms with van der Waals surface area (Å²) in [5.74, 6) is -1.18. The fraction of sp³-hybridized carbons (Fsp3) is 0.222. The Labute approximate surface area is 139 Å². The van der Waals surface area contributed by atoms with E-state index in [0.29, 0.717) is 11.1 Å². The van der Waals surface area contributed by atoms with Crippen molar-refractivity contribution in [2.75, 3.05) is 0 Å². The maximum absolute atomic E-state index is 11.9. The number of amides is 4. The number of imide groups is 2. The van der Waals surface area contributed by atoms with Crippen molar-refractivity contribution in [3.05, 3.63) is 58.7 Å². The lowest BCUT2D eigenvalue weighted by Gasteiger charge is -2.16. The Morgan fingerprint density at radius 2 is 1.00 bits per heavy atom. The van der Waals surface area contributed by atoms with E-state index >= 15 is 0 Å². The number of hydrogen-bond donors (Lipinski definition) is 0. The first-order chi connectivity index (χ1) is 11.4. The zero-order valence-electron chi connectivity index (χ0n) is 13.4. The van der Waals surface area contributed by atoms with Crippen LogP contribution in [0.15, 0.2) is 47.6 Å². The van der Waals surface area contributed by atoms with E-state index in [1.807, 2.05) is 0 Å². The van der Waals surface area contributed by atoms with Crippen LogP contribution in [0, 0.1) is 0 Å². The third-order valence-electron chi connectivity index (χ3n) is 4.08. The van der Waals surface area contributed by atoms with Crippen molar-refractivity contribution in [3.63, 3.8) is 0 Å². The summed E-state index contributed by atoms with van der Waals surface area (Å²) in [4.78, 5) is 49.6. The zero-order chi connectivity index (χ0) is 17.4. The van der Waals surface area contributed by atoms with E-state index in [4.69, 9.17) is 0 Å². The number of carbonyl (C=O) groups is 4. The van der Waals surface area contributed by atoms with E-state index < -0.39 is 0 Å². The molecule has 0 aromatic heterocycles. The number of carbonyl (C=O) groups excluding carboxylic acids is 4. The Morgan fingerprint density at radius 1 is 0.667 bits per heavy atom. The maximum atomic E-state index is 11.9. The number of benzene rings is 1. The highest BCUT2D eigenvalue weighted by atomic mass is 16.2. The maximum Gasteiger partial charge on any atom is 0.256 e. The third-order valence-corrected chi connectivity index (χ3v) is 4.08. The van der Waals surface area contributed by atoms with E-state index in [1.54, 1.807) is 38.1 Å². The highest BCUT2D eigenvalue weighted by Crippen LogP contribution is 2.18. The van der Waals surface area contributed by atoms with E-state index in [2.05, 4.69) is 0 Å². The lowest BCUT2D eigenvalue weighted by atomic mass is 10.1. The Kier molecular flexibility index (Phi) is 3.89. The second kappa shape index (κ2) is 5.88. The number of rotatable bonds is 4. The summed E-state index contributed by atoms with van der Waals surface area (Å²) in [7, 11) is 0. The van der Waals surface area contributed by atoms with E-state index in [-0.39, 0.29) is 36.7 Å². The summed E-state index contributed by atoms with van der Waals surface area (Å²) in [6.45, 7) is 3.63. The smallest absolute Gasteiger partial charge is 0.256 e. The monoisotopic (exact) mass is 324 g/mol. The summed E-state index contributed by atoms with van der Waals surface area (Å²) >= 11 is 0. The van der Waals surface area contributed by atoms with E-state index in [0.717, 1.165) is 11.1 Å². The highest BCUT2D eigenvalue weighted by molar-refractivity contribution is 6.16. The minimum Gasteiger partial charge on any atom is -0.271 e. The Morgan fingerprint density at radius 3 is 1.25 bits per heavy atom. The molecule has 1 aromatic rings. The summed E-state index contributed by atoms with van der Waals surface area (Å²) in [5.41, 5.74) is 2.48. The van der Waals surface area contributed by atoms with E-state index in [1.165, 1.54) is 22.0 Å². The molecular formula is C18H16N2O4. The Balaban J connectivity index is 1.67. The van der Waals surface area contributed by atoms with Gasteiger partial charge in [-0.15, -0.1) is 0 Å². The Bertz CT molecular complexity index is 749. The van der Waals surface area contributed by atoms with Crippen LogP contribution < -0.4 is 0 Å². The van der Waals surface area contributed by atoms with Crippen LogP contribution in [0.5, 0.6) is 0 Å². The third kappa shape index (κ3) is 2.78. The summed E-state index contributed by atoms with van der Waals surface area (Å²) in [6, 6.07) is 7.15. The van der Waals surface area contributed by atoms with Gasteiger partial charge in [0, 0.05) is 23.3 Å². The molecule has 0 atom stereocenters. The average Bonchev–Trinajstić information content (AvgIpc) is 2.92. The van der Waals surface area contributed by atoms with Gasteiger partial charge in [-0.2, -0.15) is 0 Å². The van der Waals surface area contributed by atoms with Crippen molar-refractivity contribution < 1.29 is 19.2 Å². The summed E-state index contributed by atoms with van der Waals surface area (Å²) < 4.78 is 0. The molecule has 0 saturated carbocycles. The van der Waals surface area contributed by atoms with Gasteiger partial charge in [-0.3, -0.25) is 29.0 Å². The predicted octanol–water partition coefficient (Wildman–Crippen LogP) is 1.32. The van der Waals surface area contributed by atoms with Crippen LogP contribution in [0.4, 0.5) is 0 Å². The summed E-state index contributed by atoms with van der Waals surface area (Å²) in [6.07, 6.45) is 2.66. The fourth-order valence-corrected chi connectivity index (χ4v) is 2.69. The van der Waals surface area contributed by atoms with Crippen LogP contribution in [0.2, 0.25) is 0 Å². The molecule has 2 heterocycles. The molecule has 0 radical (unpaired) electrons. The Hall–Kier alpha value is -3.02. The molecule has 3 rings (SSSR count). The molecular weight excluding hydrogens is 308 g/mol. The van der Waals surface area contributed by atoms with Gasteiger partial charge in [0.1, 0.15) is 0 Å². The molecule has 1 aromatic carbocycles. The molecule has 0 aliphatic carbocycles. The lowest BCUT2D eigenvalue weighted by Crippen LogP contribution is -2.30. The molecule has 4 amide bonds. The zero-order valence-corrected chi connectivity index (χ0v) is 13.4. The van der Waals surface area contributed by atoms with Crippen LogP contribution in [0.3, 0.4) is 0 Å². The molecule has 0 spiro atoms. The molecule has 0 unspecified atom stereocenters. The normalized spacial score (nSPS) is 17.8. The molecule has 0 N–H and O–H groups in total. The minimum absolute atomic E-state index is 0.202. The molecule has 24 heavy (non-hydrogen) atoms. The first-order valence-corrected chi connectivity index (χ1v) is 7.53. The molecule has 0 bridgehead atoms. The highest BCUT2D eigenvalue weighted by Gasteiger charge is 2.29. The molecule has 122 valence electrons. The van der Waals surface area contributed by atoms with Crippen molar-refractivity contribution in [1.82, 2.24) is 9.80 Å². The SMILES string of the molecule is CC1=CC(=O)N(Cc2ccc(CN3C(=O)C=C(C)C3=O)cc2)C1=O. The minimum atomic E-state index is -0.309. The molecule has 2 aliphatic rings. The van der Waals surface area contributed by atoms with Crippen LogP contribution in [-0.2, 0) is 32.3 Å². The lowest BCUT2D eigenvalue weighted by molar-refractivity contribution is -0.139. The largest absolute Gasteiger partial charge is 0.271 e. The standard InChI is InChI=1S/C18H16N2O4/c1-11-7-15(21)19(17(11)23)9-13-3-5-14(6-4-13)10-20-16(22)8-12(2)18(20)24/h3-8H,9-10H2,1-2H3. The topological polar surface area (TPSA) is 74.8 Å². The first kappa shape index (κ1) is 15.9. The van der Waals surface area contributed by atoms with Crippen molar-refractivity contribution in [2.45, 2.75) is 26.9 Å². The molecule has 0 saturated heterocycles. The number of hydrogen-bond acceptors (Lipinski definition) is 4. The predicted molar refractivity (Wildman–Crippen MR) is 85.1 cm³/mol. The van der Waals surface area contributed by atoms with Crippen LogP contribution in [-0.4, -0.2) is 33.4 Å². The van der Waals surface area contributed by atoms with Gasteiger partial charge in [0.25, 0.3) is 23.6 Å². The first-order valence-electron chi connectivity index (χ1n) is 7.53. The van der Waals surface area contributed by atoms with Crippen molar-refractivity contribution in [1.29, 1.82) is 0 Å². The average molecular weight is 324 g/mol. The van der Waals surface area contributed by atoms with E-state index in [9.17, 15) is 19.2 Å². The van der Waals surface area contributed by atoms with Gasteiger partial charge in [0.2, 0.25) is 0 Å². The van der Waals surface area contributed by atoms with Gasteiger partial charge < -0.3 is 0 Å². The van der Waals surface area contributed by atoms with Crippen LogP contribution in [0.1, 0.15) is 25.0 Å². The van der Waals surface area contributed by atoms with Crippen molar-refractivity contribution >= 4 is 23.6 Å². The molecule has 0 fully saturated rings. The fourth-order valence-electron chi connectivity index (χ4n) is 2.69. The summed E-state index contributed by atoms with van der Waals surface area (Å²) in [5, 5.41) is 0. The van der Waals surface area contributed by atoms with Gasteiger partial charge in [-0.05, 0) is 25.0 Å². The van der Waals surface area contributed by atoms with Gasteiger partial charge >= 0.3 is 0 Å². The quantitative estimate of drug-likeness (QED) is 0.783. The van der Waals surface area contributed by atoms with Crippen LogP contribution in [0.25, 0.3) is 0 Å². The molecule has 6 heteroatoms.